The molecule has 2 N–H and O–H groups in total. The van der Waals surface area contributed by atoms with Crippen molar-refractivity contribution in [3.63, 3.8) is 0 Å². The number of hydrogen-bond donors (Lipinski definition) is 2. The zero-order valence-corrected chi connectivity index (χ0v) is 15.9. The van der Waals surface area contributed by atoms with Crippen LogP contribution in [0.15, 0.2) is 23.6 Å². The highest BCUT2D eigenvalue weighted by Gasteiger charge is 2.23. The summed E-state index contributed by atoms with van der Waals surface area (Å²) in [5.74, 6) is -0.386. The Balaban J connectivity index is 2.10. The third kappa shape index (κ3) is 4.72. The third-order valence-electron chi connectivity index (χ3n) is 3.77. The average molecular weight is 378 g/mol. The molecule has 8 heteroatoms. The largest absolute Gasteiger partial charge is 0.493 e. The summed E-state index contributed by atoms with van der Waals surface area (Å²) in [5.41, 5.74) is 1.44. The van der Waals surface area contributed by atoms with Crippen LogP contribution in [0, 0.1) is 5.92 Å². The normalized spacial score (nSPS) is 11.9. The summed E-state index contributed by atoms with van der Waals surface area (Å²) in [7, 11) is 3.13. The topological polar surface area (TPSA) is 97.8 Å². The van der Waals surface area contributed by atoms with Crippen LogP contribution in [0.2, 0.25) is 0 Å². The molecule has 0 radical (unpaired) electrons. The molecule has 0 aliphatic carbocycles. The summed E-state index contributed by atoms with van der Waals surface area (Å²) in [6.07, 6.45) is 0.0281. The molecule has 0 aliphatic heterocycles. The fourth-order valence-corrected chi connectivity index (χ4v) is 3.21. The Bertz CT molecular complexity index is 788. The molecular weight excluding hydrogens is 356 g/mol. The molecule has 2 aromatic rings. The van der Waals surface area contributed by atoms with Gasteiger partial charge in [0.05, 0.1) is 26.3 Å². The summed E-state index contributed by atoms with van der Waals surface area (Å²) in [6.45, 7) is 3.49. The number of ether oxygens (including phenoxy) is 2. The molecule has 2 rings (SSSR count). The number of carbonyl (C=O) groups is 2. The molecule has 0 spiro atoms. The van der Waals surface area contributed by atoms with E-state index in [0.29, 0.717) is 17.2 Å². The van der Waals surface area contributed by atoms with Gasteiger partial charge in [-0.3, -0.25) is 4.79 Å². The lowest BCUT2D eigenvalue weighted by molar-refractivity contribution is -0.143. The first-order valence-corrected chi connectivity index (χ1v) is 8.92. The van der Waals surface area contributed by atoms with Crippen molar-refractivity contribution in [1.29, 1.82) is 0 Å². The van der Waals surface area contributed by atoms with Crippen LogP contribution in [0.4, 0.5) is 0 Å². The molecular formula is C18H22N2O5S. The standard InChI is InChI=1S/C18H22N2O5S/c1-10(2)16(18(22)23)20-15(21)8-12-9-26-17(19-12)11-5-6-13(24-3)14(7-11)25-4/h5-7,9-10,16H,8H2,1-4H3,(H,20,21)(H,22,23)/t16-/m1/s1. The van der Waals surface area contributed by atoms with Gasteiger partial charge in [0.15, 0.2) is 11.5 Å². The number of aromatic nitrogens is 1. The van der Waals surface area contributed by atoms with Crippen molar-refractivity contribution in [2.45, 2.75) is 26.3 Å². The maximum absolute atomic E-state index is 12.1. The lowest BCUT2D eigenvalue weighted by Crippen LogP contribution is -2.44. The van der Waals surface area contributed by atoms with E-state index in [2.05, 4.69) is 10.3 Å². The van der Waals surface area contributed by atoms with E-state index in [9.17, 15) is 9.59 Å². The molecule has 0 aliphatic rings. The van der Waals surface area contributed by atoms with Gasteiger partial charge in [-0.15, -0.1) is 11.3 Å². The number of carboxylic acids is 1. The maximum Gasteiger partial charge on any atom is 0.326 e. The van der Waals surface area contributed by atoms with Crippen molar-refractivity contribution in [3.05, 3.63) is 29.3 Å². The zero-order valence-electron chi connectivity index (χ0n) is 15.1. The van der Waals surface area contributed by atoms with E-state index >= 15 is 0 Å². The number of carbonyl (C=O) groups excluding carboxylic acids is 1. The number of hydrogen-bond acceptors (Lipinski definition) is 6. The fraction of sp³-hybridized carbons (Fsp3) is 0.389. The summed E-state index contributed by atoms with van der Waals surface area (Å²) in [6, 6.07) is 4.57. The molecule has 0 saturated carbocycles. The highest BCUT2D eigenvalue weighted by atomic mass is 32.1. The van der Waals surface area contributed by atoms with Gasteiger partial charge in [0.1, 0.15) is 11.0 Å². The second kappa shape index (κ2) is 8.66. The first kappa shape index (κ1) is 19.7. The Kier molecular flexibility index (Phi) is 6.57. The lowest BCUT2D eigenvalue weighted by Gasteiger charge is -2.17. The molecule has 26 heavy (non-hydrogen) atoms. The summed E-state index contributed by atoms with van der Waals surface area (Å²) < 4.78 is 10.5. The Morgan fingerprint density at radius 3 is 2.50 bits per heavy atom. The van der Waals surface area contributed by atoms with E-state index < -0.39 is 12.0 Å². The van der Waals surface area contributed by atoms with Crippen LogP contribution in [0.3, 0.4) is 0 Å². The maximum atomic E-state index is 12.1. The molecule has 0 saturated heterocycles. The predicted molar refractivity (Wildman–Crippen MR) is 98.8 cm³/mol. The van der Waals surface area contributed by atoms with Gasteiger partial charge in [-0.25, -0.2) is 9.78 Å². The number of amides is 1. The second-order valence-corrected chi connectivity index (χ2v) is 6.88. The lowest BCUT2D eigenvalue weighted by atomic mass is 10.0. The van der Waals surface area contributed by atoms with Crippen LogP contribution in [0.5, 0.6) is 11.5 Å². The number of thiazole rings is 1. The smallest absolute Gasteiger partial charge is 0.326 e. The SMILES string of the molecule is COc1ccc(-c2nc(CC(=O)N[C@@H](C(=O)O)C(C)C)cs2)cc1OC. The van der Waals surface area contributed by atoms with E-state index in [1.165, 1.54) is 11.3 Å². The predicted octanol–water partition coefficient (Wildman–Crippen LogP) is 2.60. The van der Waals surface area contributed by atoms with Crippen LogP contribution in [0.1, 0.15) is 19.5 Å². The van der Waals surface area contributed by atoms with E-state index in [4.69, 9.17) is 14.6 Å². The highest BCUT2D eigenvalue weighted by Crippen LogP contribution is 2.33. The Labute approximate surface area is 156 Å². The molecule has 0 unspecified atom stereocenters. The van der Waals surface area contributed by atoms with Crippen molar-refractivity contribution < 1.29 is 24.2 Å². The minimum Gasteiger partial charge on any atom is -0.493 e. The molecule has 0 fully saturated rings. The third-order valence-corrected chi connectivity index (χ3v) is 4.71. The molecule has 1 amide bonds. The highest BCUT2D eigenvalue weighted by molar-refractivity contribution is 7.13. The fourth-order valence-electron chi connectivity index (χ4n) is 2.39. The van der Waals surface area contributed by atoms with Gasteiger partial charge in [-0.05, 0) is 24.1 Å². The number of nitrogens with zero attached hydrogens (tertiary/aromatic N) is 1. The minimum atomic E-state index is -1.04. The quantitative estimate of drug-likeness (QED) is 0.733. The zero-order chi connectivity index (χ0) is 19.3. The Hall–Kier alpha value is -2.61. The van der Waals surface area contributed by atoms with Crippen LogP contribution in [-0.4, -0.2) is 42.2 Å². The minimum absolute atomic E-state index is 0.0281. The van der Waals surface area contributed by atoms with Gasteiger partial charge in [0, 0.05) is 10.9 Å². The van der Waals surface area contributed by atoms with Gasteiger partial charge in [0.2, 0.25) is 5.91 Å². The second-order valence-electron chi connectivity index (χ2n) is 6.02. The summed E-state index contributed by atoms with van der Waals surface area (Å²) in [4.78, 5) is 27.8. The average Bonchev–Trinajstić information content (AvgIpc) is 3.06. The molecule has 1 aromatic heterocycles. The Morgan fingerprint density at radius 1 is 1.23 bits per heavy atom. The van der Waals surface area contributed by atoms with E-state index in [1.54, 1.807) is 39.5 Å². The molecule has 0 bridgehead atoms. The van der Waals surface area contributed by atoms with Crippen LogP contribution in [0.25, 0.3) is 10.6 Å². The number of carboxylic acid groups (broad SMARTS) is 1. The number of rotatable bonds is 8. The van der Waals surface area contributed by atoms with Crippen LogP contribution in [-0.2, 0) is 16.0 Å². The first-order chi connectivity index (χ1) is 12.3. The van der Waals surface area contributed by atoms with Crippen molar-refractivity contribution in [1.82, 2.24) is 10.3 Å². The number of benzene rings is 1. The molecule has 1 aromatic carbocycles. The van der Waals surface area contributed by atoms with E-state index in [1.807, 2.05) is 12.1 Å². The number of methoxy groups -OCH3 is 2. The van der Waals surface area contributed by atoms with Crippen LogP contribution >= 0.6 is 11.3 Å². The van der Waals surface area contributed by atoms with Crippen molar-refractivity contribution in [2.24, 2.45) is 5.92 Å². The van der Waals surface area contributed by atoms with Crippen molar-refractivity contribution >= 4 is 23.2 Å². The van der Waals surface area contributed by atoms with Gasteiger partial charge in [0.25, 0.3) is 0 Å². The summed E-state index contributed by atoms with van der Waals surface area (Å²) in [5, 5.41) is 14.2. The van der Waals surface area contributed by atoms with Crippen molar-refractivity contribution in [3.8, 4) is 22.1 Å². The number of aliphatic carboxylic acids is 1. The molecule has 1 heterocycles. The molecule has 7 nitrogen and oxygen atoms in total. The van der Waals surface area contributed by atoms with Gasteiger partial charge < -0.3 is 19.9 Å². The van der Waals surface area contributed by atoms with Crippen molar-refractivity contribution in [2.75, 3.05) is 14.2 Å². The van der Waals surface area contributed by atoms with E-state index in [-0.39, 0.29) is 18.2 Å². The summed E-state index contributed by atoms with van der Waals surface area (Å²) >= 11 is 1.40. The van der Waals surface area contributed by atoms with Gasteiger partial charge >= 0.3 is 5.97 Å². The van der Waals surface area contributed by atoms with Gasteiger partial charge in [-0.2, -0.15) is 0 Å². The monoisotopic (exact) mass is 378 g/mol. The Morgan fingerprint density at radius 2 is 1.92 bits per heavy atom. The molecule has 1 atom stereocenters. The van der Waals surface area contributed by atoms with E-state index in [0.717, 1.165) is 10.6 Å². The van der Waals surface area contributed by atoms with Crippen LogP contribution < -0.4 is 14.8 Å². The first-order valence-electron chi connectivity index (χ1n) is 8.04. The van der Waals surface area contributed by atoms with Gasteiger partial charge in [-0.1, -0.05) is 13.8 Å². The number of nitrogens with one attached hydrogen (secondary N) is 1. The molecule has 140 valence electrons.